The second-order valence-electron chi connectivity index (χ2n) is 11.0. The predicted octanol–water partition coefficient (Wildman–Crippen LogP) is 1.30. The molecule has 4 aliphatic rings. The molecule has 2 heterocycles. The fraction of sp³-hybridized carbons (Fsp3) is 0.571. The minimum atomic E-state index is -1.51. The van der Waals surface area contributed by atoms with Gasteiger partial charge in [0, 0.05) is 24.9 Å². The lowest BCUT2D eigenvalue weighted by Crippen LogP contribution is -2.74. The number of aromatic hydroxyl groups is 1. The molecule has 1 fully saturated rings. The van der Waals surface area contributed by atoms with Crippen molar-refractivity contribution in [1.82, 2.24) is 4.90 Å². The second-order valence-corrected chi connectivity index (χ2v) is 11.0. The van der Waals surface area contributed by atoms with Crippen molar-refractivity contribution in [3.8, 4) is 11.5 Å². The van der Waals surface area contributed by atoms with Crippen LogP contribution in [0.4, 0.5) is 0 Å². The summed E-state index contributed by atoms with van der Waals surface area (Å²) in [6.45, 7) is 5.75. The number of Topliss-reactive ketones (excluding diaryl/α,β-unsaturated/α-hetero) is 1. The number of esters is 3. The lowest BCUT2D eigenvalue weighted by Gasteiger charge is -2.61. The number of phenols is 1. The minimum absolute atomic E-state index is 0.0543. The van der Waals surface area contributed by atoms with Crippen LogP contribution in [0.5, 0.6) is 11.5 Å². The zero-order chi connectivity index (χ0) is 28.4. The van der Waals surface area contributed by atoms with Crippen LogP contribution in [0.25, 0.3) is 0 Å². The average Bonchev–Trinajstić information content (AvgIpc) is 3.23. The lowest BCUT2D eigenvalue weighted by atomic mass is 9.50. The third-order valence-corrected chi connectivity index (χ3v) is 8.82. The molecule has 1 saturated heterocycles. The summed E-state index contributed by atoms with van der Waals surface area (Å²) in [4.78, 5) is 51.3. The minimum Gasteiger partial charge on any atom is -0.504 e. The zero-order valence-corrected chi connectivity index (χ0v) is 22.6. The van der Waals surface area contributed by atoms with Gasteiger partial charge in [-0.1, -0.05) is 13.0 Å². The summed E-state index contributed by atoms with van der Waals surface area (Å²) in [5, 5.41) is 22.8. The number of rotatable bonds is 7. The molecule has 0 saturated carbocycles. The first-order chi connectivity index (χ1) is 18.3. The first-order valence-corrected chi connectivity index (χ1v) is 13.1. The largest absolute Gasteiger partial charge is 0.504 e. The van der Waals surface area contributed by atoms with Crippen molar-refractivity contribution < 1.29 is 48.3 Å². The molecule has 1 aromatic rings. The van der Waals surface area contributed by atoms with Crippen molar-refractivity contribution in [3.63, 3.8) is 0 Å². The highest BCUT2D eigenvalue weighted by Gasteiger charge is 2.72. The van der Waals surface area contributed by atoms with Crippen molar-refractivity contribution in [2.45, 2.75) is 82.3 Å². The number of piperidine rings is 1. The number of carbonyl (C=O) groups excluding carboxylic acids is 4. The smallest absolute Gasteiger partial charge is 0.352 e. The molecular weight excluding hydrogens is 510 g/mol. The summed E-state index contributed by atoms with van der Waals surface area (Å²) >= 11 is 0. The van der Waals surface area contributed by atoms with Gasteiger partial charge in [-0.15, -0.1) is 0 Å². The van der Waals surface area contributed by atoms with Crippen LogP contribution in [0, 0.1) is 5.92 Å². The van der Waals surface area contributed by atoms with Crippen LogP contribution in [0.15, 0.2) is 24.0 Å². The number of nitrogens with zero attached hydrogens (tertiary/aromatic N) is 1. The van der Waals surface area contributed by atoms with E-state index in [0.29, 0.717) is 19.4 Å². The Hall–Kier alpha value is -3.44. The molecule has 0 aromatic heterocycles. The van der Waals surface area contributed by atoms with Crippen LogP contribution in [-0.4, -0.2) is 82.4 Å². The number of hydrogen-bond donors (Lipinski definition) is 2. The van der Waals surface area contributed by atoms with E-state index in [4.69, 9.17) is 18.9 Å². The maximum absolute atomic E-state index is 13.1. The van der Waals surface area contributed by atoms with E-state index in [2.05, 4.69) is 4.90 Å². The summed E-state index contributed by atoms with van der Waals surface area (Å²) in [5.74, 6) is -3.71. The SMILES string of the molecule is CC(=O)O[C@@H](C(=O)O[C@@H](C)C(=O)OC1=CC[C@@]2(O)[C@H]3Cc4ccc(O)c5c4[C@@]2(CCN3C)[C@H]1O5)[C@@H](C)C(C)=O. The third kappa shape index (κ3) is 3.93. The number of ketones is 1. The van der Waals surface area contributed by atoms with E-state index in [1.54, 1.807) is 12.1 Å². The average molecular weight is 544 g/mol. The Bertz CT molecular complexity index is 1290. The summed E-state index contributed by atoms with van der Waals surface area (Å²) in [6.07, 6.45) is -0.882. The first-order valence-electron chi connectivity index (χ1n) is 13.1. The number of ether oxygens (including phenoxy) is 4. The Balaban J connectivity index is 1.40. The van der Waals surface area contributed by atoms with Gasteiger partial charge in [0.05, 0.1) is 16.9 Å². The molecule has 0 radical (unpaired) electrons. The van der Waals surface area contributed by atoms with Crippen LogP contribution >= 0.6 is 0 Å². The van der Waals surface area contributed by atoms with E-state index < -0.39 is 58.9 Å². The highest BCUT2D eigenvalue weighted by Crippen LogP contribution is 2.65. The van der Waals surface area contributed by atoms with E-state index in [9.17, 15) is 29.4 Å². The van der Waals surface area contributed by atoms with Crippen molar-refractivity contribution >= 4 is 23.7 Å². The Morgan fingerprint density at radius 2 is 1.85 bits per heavy atom. The van der Waals surface area contributed by atoms with Gasteiger partial charge in [-0.3, -0.25) is 9.59 Å². The van der Waals surface area contributed by atoms with E-state index in [1.165, 1.54) is 20.8 Å². The van der Waals surface area contributed by atoms with Crippen LogP contribution in [0.1, 0.15) is 51.7 Å². The fourth-order valence-corrected chi connectivity index (χ4v) is 6.67. The van der Waals surface area contributed by atoms with E-state index >= 15 is 0 Å². The molecule has 1 spiro atoms. The molecule has 2 aliphatic heterocycles. The number of hydrogen-bond acceptors (Lipinski definition) is 11. The van der Waals surface area contributed by atoms with Crippen LogP contribution in [0.3, 0.4) is 0 Å². The Morgan fingerprint density at radius 1 is 1.13 bits per heavy atom. The molecule has 2 bridgehead atoms. The molecule has 1 aromatic carbocycles. The third-order valence-electron chi connectivity index (χ3n) is 8.82. The Labute approximate surface area is 225 Å². The predicted molar refractivity (Wildman–Crippen MR) is 134 cm³/mol. The van der Waals surface area contributed by atoms with Crippen molar-refractivity contribution in [2.24, 2.45) is 5.92 Å². The standard InChI is InChI=1S/C28H33NO10/c1-13(14(2)30)22(37-16(4)31)26(34)36-15(3)25(33)38-19-8-9-28(35)20-12-17-6-7-18(32)23-21(17)27(28,24(19)39-23)10-11-29(20)5/h6-8,13,15,20,22,24,32,35H,9-12H2,1-5H3/t13-,15-,20+,22+,24-,27-,28+/m0/s1. The maximum atomic E-state index is 13.1. The fourth-order valence-electron chi connectivity index (χ4n) is 6.67. The highest BCUT2D eigenvalue weighted by atomic mass is 16.6. The van der Waals surface area contributed by atoms with Crippen LogP contribution in [0.2, 0.25) is 0 Å². The number of carbonyl (C=O) groups is 4. The summed E-state index contributed by atoms with van der Waals surface area (Å²) < 4.78 is 22.2. The number of benzene rings is 1. The van der Waals surface area contributed by atoms with Gasteiger partial charge in [0.2, 0.25) is 6.10 Å². The molecular formula is C28H33NO10. The summed E-state index contributed by atoms with van der Waals surface area (Å²) in [7, 11) is 1.97. The molecule has 0 amide bonds. The van der Waals surface area contributed by atoms with Gasteiger partial charge in [0.25, 0.3) is 0 Å². The first kappa shape index (κ1) is 27.1. The van der Waals surface area contributed by atoms with Gasteiger partial charge in [0.1, 0.15) is 11.5 Å². The highest BCUT2D eigenvalue weighted by molar-refractivity contribution is 5.89. The summed E-state index contributed by atoms with van der Waals surface area (Å²) in [6, 6.07) is 3.22. The lowest BCUT2D eigenvalue weighted by molar-refractivity contribution is -0.182. The summed E-state index contributed by atoms with van der Waals surface area (Å²) in [5.41, 5.74) is -0.432. The quantitative estimate of drug-likeness (QED) is 0.379. The molecule has 11 heteroatoms. The van der Waals surface area contributed by atoms with Gasteiger partial charge in [-0.05, 0) is 58.0 Å². The molecule has 0 unspecified atom stereocenters. The topological polar surface area (TPSA) is 149 Å². The van der Waals surface area contributed by atoms with Gasteiger partial charge >= 0.3 is 17.9 Å². The molecule has 39 heavy (non-hydrogen) atoms. The Kier molecular flexibility index (Phi) is 6.50. The van der Waals surface area contributed by atoms with E-state index in [0.717, 1.165) is 18.1 Å². The molecule has 2 N–H and O–H groups in total. The van der Waals surface area contributed by atoms with Crippen molar-refractivity contribution in [1.29, 1.82) is 0 Å². The maximum Gasteiger partial charge on any atom is 0.352 e. The van der Waals surface area contributed by atoms with Gasteiger partial charge < -0.3 is 34.1 Å². The van der Waals surface area contributed by atoms with Gasteiger partial charge in [-0.25, -0.2) is 9.59 Å². The molecule has 210 valence electrons. The van der Waals surface area contributed by atoms with Crippen molar-refractivity contribution in [2.75, 3.05) is 13.6 Å². The van der Waals surface area contributed by atoms with Gasteiger partial charge in [0.15, 0.2) is 23.7 Å². The van der Waals surface area contributed by atoms with Crippen LogP contribution < -0.4 is 4.74 Å². The van der Waals surface area contributed by atoms with E-state index in [1.807, 2.05) is 13.1 Å². The van der Waals surface area contributed by atoms with Crippen LogP contribution in [-0.2, 0) is 45.2 Å². The monoisotopic (exact) mass is 543 g/mol. The Morgan fingerprint density at radius 3 is 2.51 bits per heavy atom. The second kappa shape index (κ2) is 9.34. The molecule has 5 rings (SSSR count). The molecule has 2 aliphatic carbocycles. The van der Waals surface area contributed by atoms with Crippen molar-refractivity contribution in [3.05, 3.63) is 35.1 Å². The number of aliphatic hydroxyl groups is 1. The normalized spacial score (nSPS) is 30.6. The number of likely N-dealkylation sites (N-methyl/N-ethyl adjacent to an activating group) is 1. The zero-order valence-electron chi connectivity index (χ0n) is 22.6. The molecule has 11 nitrogen and oxygen atoms in total. The number of likely N-dealkylation sites (tertiary alicyclic amines) is 1. The molecule has 7 atom stereocenters. The number of phenolic OH excluding ortho intramolecular Hbond substituents is 1. The van der Waals surface area contributed by atoms with Gasteiger partial charge in [-0.2, -0.15) is 0 Å². The van der Waals surface area contributed by atoms with E-state index in [-0.39, 0.29) is 29.7 Å².